The van der Waals surface area contributed by atoms with Crippen molar-refractivity contribution in [1.29, 1.82) is 0 Å². The molecule has 1 saturated heterocycles. The number of nitrogens with zero attached hydrogens (tertiary/aromatic N) is 1. The van der Waals surface area contributed by atoms with E-state index >= 15 is 0 Å². The number of benzene rings is 2. The van der Waals surface area contributed by atoms with Gasteiger partial charge in [-0.2, -0.15) is 4.31 Å². The van der Waals surface area contributed by atoms with Crippen molar-refractivity contribution in [2.24, 2.45) is 0 Å². The largest absolute Gasteiger partial charge is 0.495 e. The number of methoxy groups -OCH3 is 1. The van der Waals surface area contributed by atoms with Crippen LogP contribution in [0.1, 0.15) is 0 Å². The van der Waals surface area contributed by atoms with Crippen LogP contribution in [0.2, 0.25) is 5.02 Å². The van der Waals surface area contributed by atoms with E-state index in [1.165, 1.54) is 23.5 Å². The molecule has 0 radical (unpaired) electrons. The van der Waals surface area contributed by atoms with Gasteiger partial charge in [0, 0.05) is 30.9 Å². The van der Waals surface area contributed by atoms with E-state index in [4.69, 9.17) is 30.5 Å². The predicted molar refractivity (Wildman–Crippen MR) is 122 cm³/mol. The van der Waals surface area contributed by atoms with Crippen LogP contribution in [0.15, 0.2) is 35.2 Å². The zero-order valence-corrected chi connectivity index (χ0v) is 19.5. The summed E-state index contributed by atoms with van der Waals surface area (Å²) in [6, 6.07) is 7.77. The predicted octanol–water partition coefficient (Wildman–Crippen LogP) is 2.19. The Hall–Kier alpha value is -2.73. The highest BCUT2D eigenvalue weighted by atomic mass is 35.5. The highest BCUT2D eigenvalue weighted by Crippen LogP contribution is 2.38. The molecule has 0 aromatic heterocycles. The number of nitrogens with one attached hydrogen (secondary N) is 2. The van der Waals surface area contributed by atoms with E-state index in [1.807, 2.05) is 0 Å². The van der Waals surface area contributed by atoms with Gasteiger partial charge in [-0.25, -0.2) is 8.42 Å². The summed E-state index contributed by atoms with van der Waals surface area (Å²) in [6.45, 7) is 1.94. The molecule has 2 aromatic carbocycles. The first kappa shape index (κ1) is 23.4. The van der Waals surface area contributed by atoms with Crippen LogP contribution in [0.5, 0.6) is 17.2 Å². The number of hydrogen-bond acceptors (Lipinski definition) is 8. The van der Waals surface area contributed by atoms with Gasteiger partial charge in [0.05, 0.1) is 37.6 Å². The summed E-state index contributed by atoms with van der Waals surface area (Å²) in [4.78, 5) is 12.5. The third-order valence-electron chi connectivity index (χ3n) is 5.11. The van der Waals surface area contributed by atoms with Crippen molar-refractivity contribution in [3.63, 3.8) is 0 Å². The SMILES string of the molecule is COc1ccc(NC(=O)CNc2cc3c(cc2Cl)OCCO3)cc1S(=O)(=O)N1CCOCC1. The van der Waals surface area contributed by atoms with Crippen LogP contribution in [0.25, 0.3) is 0 Å². The second-order valence-corrected chi connectivity index (χ2v) is 9.57. The molecule has 2 aromatic rings. The van der Waals surface area contributed by atoms with Gasteiger partial charge in [-0.15, -0.1) is 0 Å². The monoisotopic (exact) mass is 497 g/mol. The first-order valence-electron chi connectivity index (χ1n) is 10.3. The van der Waals surface area contributed by atoms with Crippen molar-refractivity contribution in [1.82, 2.24) is 4.31 Å². The average Bonchev–Trinajstić information content (AvgIpc) is 2.83. The second kappa shape index (κ2) is 10.0. The minimum Gasteiger partial charge on any atom is -0.495 e. The summed E-state index contributed by atoms with van der Waals surface area (Å²) in [5, 5.41) is 6.04. The molecular formula is C21H24ClN3O7S. The summed E-state index contributed by atoms with van der Waals surface area (Å²) in [5.74, 6) is 0.900. The van der Waals surface area contributed by atoms with Crippen LogP contribution >= 0.6 is 11.6 Å². The Labute approximate surface area is 196 Å². The van der Waals surface area contributed by atoms with E-state index in [9.17, 15) is 13.2 Å². The van der Waals surface area contributed by atoms with E-state index in [1.54, 1.807) is 18.2 Å². The lowest BCUT2D eigenvalue weighted by Crippen LogP contribution is -2.40. The lowest BCUT2D eigenvalue weighted by atomic mass is 10.2. The molecule has 4 rings (SSSR count). The van der Waals surface area contributed by atoms with Gasteiger partial charge in [0.2, 0.25) is 15.9 Å². The van der Waals surface area contributed by atoms with Gasteiger partial charge >= 0.3 is 0 Å². The lowest BCUT2D eigenvalue weighted by Gasteiger charge is -2.26. The van der Waals surface area contributed by atoms with Crippen molar-refractivity contribution < 1.29 is 32.2 Å². The maximum atomic E-state index is 13.1. The van der Waals surface area contributed by atoms with E-state index in [0.717, 1.165) is 0 Å². The third-order valence-corrected chi connectivity index (χ3v) is 7.34. The first-order chi connectivity index (χ1) is 15.9. The van der Waals surface area contributed by atoms with E-state index in [0.29, 0.717) is 54.3 Å². The molecule has 33 heavy (non-hydrogen) atoms. The Balaban J connectivity index is 1.46. The van der Waals surface area contributed by atoms with Crippen LogP contribution in [0.4, 0.5) is 11.4 Å². The van der Waals surface area contributed by atoms with Gasteiger partial charge in [0.1, 0.15) is 23.9 Å². The quantitative estimate of drug-likeness (QED) is 0.598. The molecule has 2 aliphatic heterocycles. The Morgan fingerprint density at radius 1 is 1.09 bits per heavy atom. The molecule has 2 aliphatic rings. The molecule has 0 unspecified atom stereocenters. The molecule has 2 heterocycles. The van der Waals surface area contributed by atoms with Crippen molar-refractivity contribution in [3.05, 3.63) is 35.4 Å². The molecule has 1 amide bonds. The molecular weight excluding hydrogens is 474 g/mol. The minimum atomic E-state index is -3.81. The van der Waals surface area contributed by atoms with Gasteiger partial charge in [0.15, 0.2) is 11.5 Å². The van der Waals surface area contributed by atoms with Crippen molar-refractivity contribution in [3.8, 4) is 17.2 Å². The van der Waals surface area contributed by atoms with Crippen molar-refractivity contribution >= 4 is 38.9 Å². The minimum absolute atomic E-state index is 0.0208. The van der Waals surface area contributed by atoms with Crippen molar-refractivity contribution in [2.75, 3.05) is 63.8 Å². The number of fused-ring (bicyclic) bond motifs is 1. The van der Waals surface area contributed by atoms with Crippen LogP contribution in [0.3, 0.4) is 0 Å². The fourth-order valence-electron chi connectivity index (χ4n) is 3.46. The molecule has 1 fully saturated rings. The maximum Gasteiger partial charge on any atom is 0.246 e. The molecule has 0 saturated carbocycles. The standard InChI is InChI=1S/C21H24ClN3O7S/c1-29-17-3-2-14(10-20(17)33(27,28)25-4-6-30-7-5-25)24-21(26)13-23-16-12-19-18(11-15(16)22)31-8-9-32-19/h2-3,10-12,23H,4-9,13H2,1H3,(H,24,26). The van der Waals surface area contributed by atoms with Gasteiger partial charge in [-0.05, 0) is 18.2 Å². The molecule has 10 nitrogen and oxygen atoms in total. The zero-order chi connectivity index (χ0) is 23.4. The molecule has 0 spiro atoms. The van der Waals surface area contributed by atoms with Crippen LogP contribution < -0.4 is 24.8 Å². The highest BCUT2D eigenvalue weighted by Gasteiger charge is 2.29. The first-order valence-corrected chi connectivity index (χ1v) is 12.1. The Kier molecular flexibility index (Phi) is 7.13. The van der Waals surface area contributed by atoms with Gasteiger partial charge in [-0.3, -0.25) is 4.79 Å². The van der Waals surface area contributed by atoms with E-state index < -0.39 is 10.0 Å². The van der Waals surface area contributed by atoms with Gasteiger partial charge in [-0.1, -0.05) is 11.6 Å². The van der Waals surface area contributed by atoms with Crippen molar-refractivity contribution in [2.45, 2.75) is 4.90 Å². The summed E-state index contributed by atoms with van der Waals surface area (Å²) in [5.41, 5.74) is 0.837. The summed E-state index contributed by atoms with van der Waals surface area (Å²) >= 11 is 6.26. The number of ether oxygens (including phenoxy) is 4. The number of sulfonamides is 1. The molecule has 178 valence electrons. The number of morpholine rings is 1. The number of halogens is 1. The van der Waals surface area contributed by atoms with Crippen LogP contribution in [-0.4, -0.2) is 71.8 Å². The average molecular weight is 498 g/mol. The molecule has 12 heteroatoms. The Morgan fingerprint density at radius 3 is 2.48 bits per heavy atom. The fraction of sp³-hybridized carbons (Fsp3) is 0.381. The number of carbonyl (C=O) groups is 1. The second-order valence-electron chi connectivity index (χ2n) is 7.26. The fourth-order valence-corrected chi connectivity index (χ4v) is 5.27. The zero-order valence-electron chi connectivity index (χ0n) is 17.9. The smallest absolute Gasteiger partial charge is 0.246 e. The molecule has 0 bridgehead atoms. The molecule has 2 N–H and O–H groups in total. The topological polar surface area (TPSA) is 115 Å². The number of amides is 1. The van der Waals surface area contributed by atoms with Crippen LogP contribution in [-0.2, 0) is 19.6 Å². The summed E-state index contributed by atoms with van der Waals surface area (Å²) in [6.07, 6.45) is 0. The summed E-state index contributed by atoms with van der Waals surface area (Å²) in [7, 11) is -2.42. The number of anilines is 2. The van der Waals surface area contributed by atoms with E-state index in [-0.39, 0.29) is 36.2 Å². The van der Waals surface area contributed by atoms with Gasteiger partial charge in [0.25, 0.3) is 0 Å². The number of rotatable bonds is 7. The highest BCUT2D eigenvalue weighted by molar-refractivity contribution is 7.89. The number of carbonyl (C=O) groups excluding carboxylic acids is 1. The third kappa shape index (κ3) is 5.27. The number of hydrogen-bond donors (Lipinski definition) is 2. The Morgan fingerprint density at radius 2 is 1.79 bits per heavy atom. The maximum absolute atomic E-state index is 13.1. The molecule has 0 atom stereocenters. The summed E-state index contributed by atoms with van der Waals surface area (Å²) < 4.78 is 49.0. The normalized spacial score (nSPS) is 16.2. The van der Waals surface area contributed by atoms with E-state index in [2.05, 4.69) is 10.6 Å². The van der Waals surface area contributed by atoms with Crippen LogP contribution in [0, 0.1) is 0 Å². The lowest BCUT2D eigenvalue weighted by molar-refractivity contribution is -0.114. The molecule has 0 aliphatic carbocycles. The van der Waals surface area contributed by atoms with Gasteiger partial charge < -0.3 is 29.6 Å². The Bertz CT molecular complexity index is 1140.